The highest BCUT2D eigenvalue weighted by atomic mass is 16.1. The van der Waals surface area contributed by atoms with Crippen LogP contribution in [0.1, 0.15) is 34.1 Å². The summed E-state index contributed by atoms with van der Waals surface area (Å²) in [5.41, 5.74) is 5.51. The van der Waals surface area contributed by atoms with Crippen LogP contribution in [0.15, 0.2) is 54.9 Å². The molecule has 26 heavy (non-hydrogen) atoms. The van der Waals surface area contributed by atoms with Crippen LogP contribution in [0, 0.1) is 13.8 Å². The number of nitrogens with zero attached hydrogens (tertiary/aromatic N) is 2. The molecule has 0 saturated heterocycles. The van der Waals surface area contributed by atoms with Gasteiger partial charge >= 0.3 is 0 Å². The van der Waals surface area contributed by atoms with E-state index in [0.29, 0.717) is 5.82 Å². The SMILES string of the molecule is CCc1ccc(NC(=O)c2cnc(Nc3cc(C)ccc3C)cn2)cc1. The van der Waals surface area contributed by atoms with Crippen LogP contribution < -0.4 is 10.6 Å². The quantitative estimate of drug-likeness (QED) is 0.705. The Morgan fingerprint density at radius 1 is 1.00 bits per heavy atom. The summed E-state index contributed by atoms with van der Waals surface area (Å²) in [7, 11) is 0. The van der Waals surface area contributed by atoms with Gasteiger partial charge in [0, 0.05) is 11.4 Å². The molecule has 0 saturated carbocycles. The topological polar surface area (TPSA) is 66.9 Å². The summed E-state index contributed by atoms with van der Waals surface area (Å²) < 4.78 is 0. The lowest BCUT2D eigenvalue weighted by atomic mass is 10.1. The molecule has 5 heteroatoms. The molecule has 1 aromatic heterocycles. The van der Waals surface area contributed by atoms with E-state index in [1.165, 1.54) is 11.8 Å². The standard InChI is InChI=1S/C21H22N4O/c1-4-16-7-9-17(10-8-16)24-21(26)19-12-23-20(13-22-19)25-18-11-14(2)5-6-15(18)3/h5-13H,4H2,1-3H3,(H,23,25)(H,24,26). The Morgan fingerprint density at radius 2 is 1.77 bits per heavy atom. The highest BCUT2D eigenvalue weighted by molar-refractivity contribution is 6.02. The van der Waals surface area contributed by atoms with Gasteiger partial charge in [0.25, 0.3) is 5.91 Å². The summed E-state index contributed by atoms with van der Waals surface area (Å²) in [4.78, 5) is 20.8. The van der Waals surface area contributed by atoms with E-state index in [9.17, 15) is 4.79 Å². The summed E-state index contributed by atoms with van der Waals surface area (Å²) in [5.74, 6) is 0.322. The molecule has 0 aliphatic carbocycles. The van der Waals surface area contributed by atoms with Gasteiger partial charge in [0.2, 0.25) is 0 Å². The number of carbonyl (C=O) groups is 1. The van der Waals surface area contributed by atoms with Gasteiger partial charge in [0.05, 0.1) is 12.4 Å². The largest absolute Gasteiger partial charge is 0.339 e. The smallest absolute Gasteiger partial charge is 0.275 e. The molecule has 5 nitrogen and oxygen atoms in total. The highest BCUT2D eigenvalue weighted by Gasteiger charge is 2.09. The number of nitrogens with one attached hydrogen (secondary N) is 2. The lowest BCUT2D eigenvalue weighted by molar-refractivity contribution is 0.102. The van der Waals surface area contributed by atoms with Gasteiger partial charge in [0.15, 0.2) is 0 Å². The van der Waals surface area contributed by atoms with Crippen molar-refractivity contribution in [2.45, 2.75) is 27.2 Å². The first kappa shape index (κ1) is 17.6. The molecule has 0 radical (unpaired) electrons. The molecule has 0 bridgehead atoms. The third kappa shape index (κ3) is 4.25. The Bertz CT molecular complexity index is 902. The number of rotatable bonds is 5. The molecule has 2 aromatic carbocycles. The molecule has 3 rings (SSSR count). The van der Waals surface area contributed by atoms with E-state index < -0.39 is 0 Å². The van der Waals surface area contributed by atoms with Crippen molar-refractivity contribution < 1.29 is 4.79 Å². The molecular weight excluding hydrogens is 324 g/mol. The molecule has 0 atom stereocenters. The number of hydrogen-bond acceptors (Lipinski definition) is 4. The Balaban J connectivity index is 1.68. The second-order valence-corrected chi connectivity index (χ2v) is 6.23. The Labute approximate surface area is 153 Å². The van der Waals surface area contributed by atoms with Crippen molar-refractivity contribution in [1.82, 2.24) is 9.97 Å². The number of carbonyl (C=O) groups excluding carboxylic acids is 1. The Morgan fingerprint density at radius 3 is 2.42 bits per heavy atom. The summed E-state index contributed by atoms with van der Waals surface area (Å²) in [6, 6.07) is 13.9. The summed E-state index contributed by atoms with van der Waals surface area (Å²) in [6.07, 6.45) is 4.01. The zero-order valence-electron chi connectivity index (χ0n) is 15.2. The fourth-order valence-electron chi connectivity index (χ4n) is 2.54. The van der Waals surface area contributed by atoms with Crippen LogP contribution >= 0.6 is 0 Å². The minimum absolute atomic E-state index is 0.274. The third-order valence-electron chi connectivity index (χ3n) is 4.16. The van der Waals surface area contributed by atoms with Crippen molar-refractivity contribution in [1.29, 1.82) is 0 Å². The van der Waals surface area contributed by atoms with Gasteiger partial charge in [-0.2, -0.15) is 0 Å². The van der Waals surface area contributed by atoms with Gasteiger partial charge < -0.3 is 10.6 Å². The normalized spacial score (nSPS) is 10.4. The van der Waals surface area contributed by atoms with Crippen molar-refractivity contribution in [3.63, 3.8) is 0 Å². The molecule has 0 fully saturated rings. The van der Waals surface area contributed by atoms with E-state index in [1.54, 1.807) is 6.20 Å². The predicted molar refractivity (Wildman–Crippen MR) is 105 cm³/mol. The van der Waals surface area contributed by atoms with E-state index >= 15 is 0 Å². The van der Waals surface area contributed by atoms with Gasteiger partial charge in [-0.25, -0.2) is 9.97 Å². The highest BCUT2D eigenvalue weighted by Crippen LogP contribution is 2.20. The predicted octanol–water partition coefficient (Wildman–Crippen LogP) is 4.65. The van der Waals surface area contributed by atoms with Crippen LogP contribution in [0.4, 0.5) is 17.2 Å². The van der Waals surface area contributed by atoms with Crippen LogP contribution in [0.5, 0.6) is 0 Å². The molecule has 1 amide bonds. The fourth-order valence-corrected chi connectivity index (χ4v) is 2.54. The third-order valence-corrected chi connectivity index (χ3v) is 4.16. The van der Waals surface area contributed by atoms with Gasteiger partial charge in [-0.15, -0.1) is 0 Å². The van der Waals surface area contributed by atoms with Crippen LogP contribution in [0.3, 0.4) is 0 Å². The summed E-state index contributed by atoms with van der Waals surface area (Å²) in [5, 5.41) is 6.07. The first-order valence-corrected chi connectivity index (χ1v) is 8.62. The van der Waals surface area contributed by atoms with Crippen molar-refractivity contribution in [2.75, 3.05) is 10.6 Å². The molecule has 0 spiro atoms. The zero-order chi connectivity index (χ0) is 18.5. The van der Waals surface area contributed by atoms with Gasteiger partial charge in [-0.05, 0) is 55.2 Å². The van der Waals surface area contributed by atoms with E-state index in [-0.39, 0.29) is 11.6 Å². The van der Waals surface area contributed by atoms with Crippen LogP contribution in [-0.4, -0.2) is 15.9 Å². The van der Waals surface area contributed by atoms with Gasteiger partial charge in [-0.1, -0.05) is 31.2 Å². The average Bonchev–Trinajstić information content (AvgIpc) is 2.66. The van der Waals surface area contributed by atoms with Gasteiger partial charge in [0.1, 0.15) is 11.5 Å². The number of anilines is 3. The lowest BCUT2D eigenvalue weighted by Gasteiger charge is -2.10. The minimum atomic E-state index is -0.278. The number of amides is 1. The molecule has 2 N–H and O–H groups in total. The molecule has 0 unspecified atom stereocenters. The van der Waals surface area contributed by atoms with Crippen molar-refractivity contribution >= 4 is 23.1 Å². The number of benzene rings is 2. The average molecular weight is 346 g/mol. The van der Waals surface area contributed by atoms with E-state index in [2.05, 4.69) is 45.7 Å². The molecule has 3 aromatic rings. The maximum Gasteiger partial charge on any atom is 0.275 e. The number of aryl methyl sites for hydroxylation is 3. The number of hydrogen-bond donors (Lipinski definition) is 2. The maximum absolute atomic E-state index is 12.3. The maximum atomic E-state index is 12.3. The van der Waals surface area contributed by atoms with E-state index in [4.69, 9.17) is 0 Å². The molecule has 132 valence electrons. The minimum Gasteiger partial charge on any atom is -0.339 e. The van der Waals surface area contributed by atoms with Gasteiger partial charge in [-0.3, -0.25) is 4.79 Å². The first-order chi connectivity index (χ1) is 12.5. The summed E-state index contributed by atoms with van der Waals surface area (Å²) in [6.45, 7) is 6.16. The second-order valence-electron chi connectivity index (χ2n) is 6.23. The van der Waals surface area contributed by atoms with Crippen molar-refractivity contribution in [2.24, 2.45) is 0 Å². The second kappa shape index (κ2) is 7.78. The molecule has 1 heterocycles. The number of aromatic nitrogens is 2. The Kier molecular flexibility index (Phi) is 5.27. The van der Waals surface area contributed by atoms with Crippen molar-refractivity contribution in [3.05, 3.63) is 77.2 Å². The van der Waals surface area contributed by atoms with E-state index in [0.717, 1.165) is 28.9 Å². The monoisotopic (exact) mass is 346 g/mol. The van der Waals surface area contributed by atoms with Crippen LogP contribution in [0.25, 0.3) is 0 Å². The Hall–Kier alpha value is -3.21. The van der Waals surface area contributed by atoms with Crippen LogP contribution in [0.2, 0.25) is 0 Å². The summed E-state index contributed by atoms with van der Waals surface area (Å²) >= 11 is 0. The molecular formula is C21H22N4O. The fraction of sp³-hybridized carbons (Fsp3) is 0.190. The van der Waals surface area contributed by atoms with E-state index in [1.807, 2.05) is 38.1 Å². The van der Waals surface area contributed by atoms with Crippen molar-refractivity contribution in [3.8, 4) is 0 Å². The molecule has 0 aliphatic rings. The van der Waals surface area contributed by atoms with Crippen LogP contribution in [-0.2, 0) is 6.42 Å². The lowest BCUT2D eigenvalue weighted by Crippen LogP contribution is -2.14. The molecule has 0 aliphatic heterocycles. The first-order valence-electron chi connectivity index (χ1n) is 8.62. The zero-order valence-corrected chi connectivity index (χ0v) is 15.2.